The molecule has 2 fully saturated rings. The number of hydrogen-bond acceptors (Lipinski definition) is 6. The van der Waals surface area contributed by atoms with E-state index in [1.807, 2.05) is 29.6 Å². The number of aliphatic hydroxyl groups is 1. The number of nitrogens with one attached hydrogen (secondary N) is 1. The Morgan fingerprint density at radius 1 is 1.45 bits per heavy atom. The number of likely N-dealkylation sites (tertiary alicyclic amines) is 1. The van der Waals surface area contributed by atoms with Crippen LogP contribution >= 0.6 is 23.5 Å². The highest BCUT2D eigenvalue weighted by Gasteiger charge is 2.47. The van der Waals surface area contributed by atoms with Gasteiger partial charge in [0.15, 0.2) is 0 Å². The molecule has 2 saturated heterocycles. The van der Waals surface area contributed by atoms with Crippen molar-refractivity contribution in [1.29, 1.82) is 0 Å². The van der Waals surface area contributed by atoms with Crippen LogP contribution in [0.5, 0.6) is 0 Å². The van der Waals surface area contributed by atoms with Crippen molar-refractivity contribution in [3.8, 4) is 0 Å². The van der Waals surface area contributed by atoms with Gasteiger partial charge in [-0.05, 0) is 29.9 Å². The number of rotatable bonds is 4. The van der Waals surface area contributed by atoms with Gasteiger partial charge in [0.1, 0.15) is 19.4 Å². The van der Waals surface area contributed by atoms with Gasteiger partial charge in [0.05, 0.1) is 4.08 Å². The van der Waals surface area contributed by atoms with Crippen molar-refractivity contribution in [1.82, 2.24) is 10.2 Å². The van der Waals surface area contributed by atoms with Crippen LogP contribution in [0, 0.1) is 0 Å². The van der Waals surface area contributed by atoms with E-state index in [1.165, 1.54) is 11.3 Å². The smallest absolute Gasteiger partial charge is 0.407 e. The van der Waals surface area contributed by atoms with Crippen LogP contribution in [0.25, 0.3) is 0 Å². The molecule has 122 valence electrons. The number of thioether (sulfide) groups is 2. The average molecular weight is 344 g/mol. The van der Waals surface area contributed by atoms with Crippen LogP contribution in [-0.4, -0.2) is 63.5 Å². The van der Waals surface area contributed by atoms with E-state index in [2.05, 4.69) is 5.32 Å². The zero-order valence-electron chi connectivity index (χ0n) is 12.2. The van der Waals surface area contributed by atoms with Gasteiger partial charge >= 0.3 is 6.09 Å². The number of allylic oxidation sites excluding steroid dienone is 1. The highest BCUT2D eigenvalue weighted by atomic mass is 32.2. The first-order chi connectivity index (χ1) is 10.6. The van der Waals surface area contributed by atoms with Gasteiger partial charge in [-0.2, -0.15) is 0 Å². The summed E-state index contributed by atoms with van der Waals surface area (Å²) < 4.78 is 4.88. The van der Waals surface area contributed by atoms with Gasteiger partial charge in [0.2, 0.25) is 5.91 Å². The van der Waals surface area contributed by atoms with Crippen LogP contribution in [0.15, 0.2) is 11.6 Å². The number of alkyl carbamates (subject to hydrolysis) is 1. The predicted octanol–water partition coefficient (Wildman–Crippen LogP) is 1.16. The molecule has 2 amide bonds. The standard InChI is InChI=1S/C14H20N2O4S2/c17-11-6-14(21-4-1-5-22-14)9-16(11)12(18)7-15-13(19)20-8-10-2-3-10/h2,11,17H,1,3-9H2,(H,15,19)/t11-/m1/s1. The molecule has 0 aromatic rings. The predicted molar refractivity (Wildman–Crippen MR) is 86.7 cm³/mol. The molecule has 0 aromatic carbocycles. The topological polar surface area (TPSA) is 78.9 Å². The number of aliphatic hydroxyl groups excluding tert-OH is 1. The molecule has 2 aliphatic heterocycles. The van der Waals surface area contributed by atoms with E-state index >= 15 is 0 Å². The first-order valence-electron chi connectivity index (χ1n) is 7.42. The Hall–Kier alpha value is -0.860. The van der Waals surface area contributed by atoms with E-state index in [0.29, 0.717) is 19.6 Å². The Labute approximate surface area is 138 Å². The number of nitrogens with zero attached hydrogens (tertiary/aromatic N) is 1. The quantitative estimate of drug-likeness (QED) is 0.745. The third-order valence-corrected chi connectivity index (χ3v) is 7.21. The molecule has 0 radical (unpaired) electrons. The van der Waals surface area contributed by atoms with E-state index in [-0.39, 0.29) is 16.5 Å². The molecule has 1 aliphatic carbocycles. The van der Waals surface area contributed by atoms with Crippen molar-refractivity contribution >= 4 is 35.5 Å². The fourth-order valence-electron chi connectivity index (χ4n) is 2.55. The molecule has 0 unspecified atom stereocenters. The monoisotopic (exact) mass is 344 g/mol. The molecule has 2 N–H and O–H groups in total. The van der Waals surface area contributed by atoms with Gasteiger partial charge in [-0.15, -0.1) is 23.5 Å². The number of amides is 2. The molecule has 0 bridgehead atoms. The molecular formula is C14H20N2O4S2. The lowest BCUT2D eigenvalue weighted by molar-refractivity contribution is -0.136. The normalized spacial score (nSPS) is 25.8. The largest absolute Gasteiger partial charge is 0.445 e. The first kappa shape index (κ1) is 16.0. The minimum atomic E-state index is -0.764. The number of carbonyl (C=O) groups excluding carboxylic acids is 2. The van der Waals surface area contributed by atoms with Crippen LogP contribution < -0.4 is 5.32 Å². The molecule has 8 heteroatoms. The van der Waals surface area contributed by atoms with Crippen LogP contribution in [0.2, 0.25) is 0 Å². The Kier molecular flexibility index (Phi) is 4.89. The lowest BCUT2D eigenvalue weighted by atomic mass is 10.3. The van der Waals surface area contributed by atoms with Crippen LogP contribution in [0.4, 0.5) is 4.79 Å². The molecule has 0 aromatic heterocycles. The van der Waals surface area contributed by atoms with Crippen molar-refractivity contribution in [2.45, 2.75) is 29.6 Å². The molecule has 3 aliphatic rings. The SMILES string of the molecule is O=C(NCC(=O)N1CC2(C[C@H]1O)SCCCS2)OCC1=CC1. The van der Waals surface area contributed by atoms with Crippen molar-refractivity contribution in [3.05, 3.63) is 11.6 Å². The maximum atomic E-state index is 12.2. The summed E-state index contributed by atoms with van der Waals surface area (Å²) in [6.45, 7) is 0.690. The fourth-order valence-corrected chi connectivity index (χ4v) is 5.88. The second kappa shape index (κ2) is 6.72. The van der Waals surface area contributed by atoms with Crippen molar-refractivity contribution in [2.75, 3.05) is 31.2 Å². The summed E-state index contributed by atoms with van der Waals surface area (Å²) in [6, 6.07) is 0. The van der Waals surface area contributed by atoms with Gasteiger partial charge in [0, 0.05) is 13.0 Å². The van der Waals surface area contributed by atoms with Crippen LogP contribution in [0.3, 0.4) is 0 Å². The molecule has 0 saturated carbocycles. The maximum Gasteiger partial charge on any atom is 0.407 e. The Morgan fingerprint density at radius 2 is 2.18 bits per heavy atom. The van der Waals surface area contributed by atoms with E-state index < -0.39 is 12.3 Å². The van der Waals surface area contributed by atoms with E-state index in [4.69, 9.17) is 4.74 Å². The van der Waals surface area contributed by atoms with Gasteiger partial charge in [-0.1, -0.05) is 6.08 Å². The van der Waals surface area contributed by atoms with E-state index in [0.717, 1.165) is 23.5 Å². The minimum Gasteiger partial charge on any atom is -0.445 e. The van der Waals surface area contributed by atoms with Gasteiger partial charge in [0.25, 0.3) is 0 Å². The van der Waals surface area contributed by atoms with Crippen LogP contribution in [-0.2, 0) is 9.53 Å². The molecule has 22 heavy (non-hydrogen) atoms. The van der Waals surface area contributed by atoms with Crippen LogP contribution in [0.1, 0.15) is 19.3 Å². The van der Waals surface area contributed by atoms with Crippen molar-refractivity contribution in [2.24, 2.45) is 0 Å². The van der Waals surface area contributed by atoms with Crippen molar-refractivity contribution in [3.63, 3.8) is 0 Å². The summed E-state index contributed by atoms with van der Waals surface area (Å²) in [5, 5.41) is 12.6. The highest BCUT2D eigenvalue weighted by molar-refractivity contribution is 8.18. The molecule has 6 nitrogen and oxygen atoms in total. The lowest BCUT2D eigenvalue weighted by Crippen LogP contribution is -2.43. The zero-order chi connectivity index (χ0) is 15.6. The second-order valence-electron chi connectivity index (χ2n) is 5.66. The molecule has 3 rings (SSSR count). The van der Waals surface area contributed by atoms with Gasteiger partial charge in [-0.3, -0.25) is 4.79 Å². The van der Waals surface area contributed by atoms with E-state index in [9.17, 15) is 14.7 Å². The molecule has 1 spiro atoms. The number of ether oxygens (including phenoxy) is 1. The van der Waals surface area contributed by atoms with Gasteiger partial charge in [-0.25, -0.2) is 4.79 Å². The molecular weight excluding hydrogens is 324 g/mol. The third kappa shape index (κ3) is 3.91. The molecule has 2 heterocycles. The lowest BCUT2D eigenvalue weighted by Gasteiger charge is -2.31. The summed E-state index contributed by atoms with van der Waals surface area (Å²) in [5.74, 6) is 1.88. The van der Waals surface area contributed by atoms with Gasteiger partial charge < -0.3 is 20.1 Å². The Morgan fingerprint density at radius 3 is 2.86 bits per heavy atom. The maximum absolute atomic E-state index is 12.2. The molecule has 1 atom stereocenters. The van der Waals surface area contributed by atoms with E-state index in [1.54, 1.807) is 0 Å². The Bertz CT molecular complexity index is 491. The summed E-state index contributed by atoms with van der Waals surface area (Å²) >= 11 is 3.66. The summed E-state index contributed by atoms with van der Waals surface area (Å²) in [6.07, 6.45) is 3.30. The highest BCUT2D eigenvalue weighted by Crippen LogP contribution is 2.49. The minimum absolute atomic E-state index is 0.0771. The summed E-state index contributed by atoms with van der Waals surface area (Å²) in [7, 11) is 0. The summed E-state index contributed by atoms with van der Waals surface area (Å²) in [5.41, 5.74) is 1.10. The third-order valence-electron chi connectivity index (χ3n) is 3.87. The zero-order valence-corrected chi connectivity index (χ0v) is 13.9. The summed E-state index contributed by atoms with van der Waals surface area (Å²) in [4.78, 5) is 25.1. The number of carbonyl (C=O) groups is 2. The average Bonchev–Trinajstić information content (AvgIpc) is 3.28. The first-order valence-corrected chi connectivity index (χ1v) is 9.39. The Balaban J connectivity index is 1.45. The number of hydrogen-bond donors (Lipinski definition) is 2. The van der Waals surface area contributed by atoms with Crippen molar-refractivity contribution < 1.29 is 19.4 Å². The fraction of sp³-hybridized carbons (Fsp3) is 0.714. The second-order valence-corrected chi connectivity index (χ2v) is 8.88.